The summed E-state index contributed by atoms with van der Waals surface area (Å²) in [6.45, 7) is -0.393. The number of benzene rings is 2. The predicted octanol–water partition coefficient (Wildman–Crippen LogP) is 2.59. The van der Waals surface area contributed by atoms with Gasteiger partial charge < -0.3 is 4.90 Å². The van der Waals surface area contributed by atoms with Crippen molar-refractivity contribution in [2.75, 3.05) is 29.5 Å². The Labute approximate surface area is 172 Å². The average Bonchev–Trinajstić information content (AvgIpc) is 2.65. The van der Waals surface area contributed by atoms with Gasteiger partial charge in [0, 0.05) is 30.9 Å². The van der Waals surface area contributed by atoms with Crippen LogP contribution in [0.25, 0.3) is 0 Å². The van der Waals surface area contributed by atoms with E-state index in [1.54, 1.807) is 0 Å². The van der Waals surface area contributed by atoms with Crippen molar-refractivity contribution in [1.82, 2.24) is 0 Å². The monoisotopic (exact) mass is 458 g/mol. The molecule has 2 N–H and O–H groups in total. The van der Waals surface area contributed by atoms with Crippen LogP contribution in [0.2, 0.25) is 0 Å². The molecule has 0 spiro atoms. The summed E-state index contributed by atoms with van der Waals surface area (Å²) >= 11 is 0. The SMILES string of the molecule is O=[N+]([O-])c1ccc(N=Nc2ccc(N(CCS(=O)(=O)O)CCS(=O)(=O)O)cc2)cc1. The summed E-state index contributed by atoms with van der Waals surface area (Å²) in [5.41, 5.74) is 1.18. The molecule has 0 atom stereocenters. The van der Waals surface area contributed by atoms with Crippen molar-refractivity contribution in [2.45, 2.75) is 0 Å². The molecular formula is C16H18N4O8S2. The Hall–Kier alpha value is -2.94. The summed E-state index contributed by atoms with van der Waals surface area (Å²) in [4.78, 5) is 11.5. The molecule has 2 aromatic carbocycles. The number of nitro groups is 1. The Morgan fingerprint density at radius 1 is 0.800 bits per heavy atom. The molecule has 2 rings (SSSR count). The first-order valence-electron chi connectivity index (χ1n) is 8.34. The fourth-order valence-electron chi connectivity index (χ4n) is 2.31. The van der Waals surface area contributed by atoms with Crippen LogP contribution in [-0.2, 0) is 20.2 Å². The molecule has 0 fully saturated rings. The lowest BCUT2D eigenvalue weighted by atomic mass is 10.2. The molecule has 0 radical (unpaired) electrons. The zero-order valence-electron chi connectivity index (χ0n) is 15.4. The zero-order chi connectivity index (χ0) is 22.4. The highest BCUT2D eigenvalue weighted by Gasteiger charge is 2.15. The second-order valence-corrected chi connectivity index (χ2v) is 9.19. The minimum Gasteiger partial charge on any atom is -0.369 e. The Balaban J connectivity index is 2.13. The van der Waals surface area contributed by atoms with Gasteiger partial charge >= 0.3 is 0 Å². The van der Waals surface area contributed by atoms with Gasteiger partial charge in [-0.2, -0.15) is 27.1 Å². The Bertz CT molecular complexity index is 1080. The number of non-ortho nitro benzene ring substituents is 1. The molecule has 0 aromatic heterocycles. The second-order valence-electron chi connectivity index (χ2n) is 6.05. The first-order chi connectivity index (χ1) is 13.9. The first-order valence-corrected chi connectivity index (χ1v) is 11.6. The molecule has 0 amide bonds. The summed E-state index contributed by atoms with van der Waals surface area (Å²) in [5.74, 6) is -1.25. The maximum Gasteiger partial charge on any atom is 0.269 e. The van der Waals surface area contributed by atoms with Crippen LogP contribution in [0.15, 0.2) is 58.8 Å². The van der Waals surface area contributed by atoms with E-state index in [0.717, 1.165) is 0 Å². The molecule has 0 aliphatic rings. The van der Waals surface area contributed by atoms with E-state index in [-0.39, 0.29) is 18.8 Å². The molecular weight excluding hydrogens is 440 g/mol. The van der Waals surface area contributed by atoms with Crippen molar-refractivity contribution < 1.29 is 30.9 Å². The summed E-state index contributed by atoms with van der Waals surface area (Å²) in [6.07, 6.45) is 0. The highest BCUT2D eigenvalue weighted by atomic mass is 32.2. The summed E-state index contributed by atoms with van der Waals surface area (Å²) in [6, 6.07) is 11.6. The quantitative estimate of drug-likeness (QED) is 0.234. The van der Waals surface area contributed by atoms with E-state index < -0.39 is 36.7 Å². The molecule has 0 aliphatic carbocycles. The number of nitrogens with zero attached hydrogens (tertiary/aromatic N) is 4. The molecule has 14 heteroatoms. The van der Waals surface area contributed by atoms with Gasteiger partial charge in [-0.3, -0.25) is 19.2 Å². The van der Waals surface area contributed by atoms with Gasteiger partial charge in [-0.05, 0) is 36.4 Å². The second kappa shape index (κ2) is 9.71. The number of hydrogen-bond donors (Lipinski definition) is 2. The molecule has 0 saturated carbocycles. The fraction of sp³-hybridized carbons (Fsp3) is 0.250. The largest absolute Gasteiger partial charge is 0.369 e. The molecule has 162 valence electrons. The van der Waals surface area contributed by atoms with Crippen LogP contribution in [0.1, 0.15) is 0 Å². The maximum absolute atomic E-state index is 11.0. The smallest absolute Gasteiger partial charge is 0.269 e. The molecule has 0 aliphatic heterocycles. The summed E-state index contributed by atoms with van der Waals surface area (Å²) in [5, 5.41) is 18.6. The third-order valence-electron chi connectivity index (χ3n) is 3.79. The van der Waals surface area contributed by atoms with Gasteiger partial charge in [-0.15, -0.1) is 0 Å². The van der Waals surface area contributed by atoms with Crippen molar-refractivity contribution in [3.8, 4) is 0 Å². The van der Waals surface area contributed by atoms with Crippen LogP contribution in [-0.4, -0.2) is 55.5 Å². The number of anilines is 1. The minimum absolute atomic E-state index is 0.0758. The van der Waals surface area contributed by atoms with Gasteiger partial charge in [-0.25, -0.2) is 0 Å². The molecule has 30 heavy (non-hydrogen) atoms. The molecule has 0 saturated heterocycles. The number of nitro benzene ring substituents is 1. The molecule has 0 bridgehead atoms. The van der Waals surface area contributed by atoms with Crippen LogP contribution < -0.4 is 4.90 Å². The van der Waals surface area contributed by atoms with Crippen molar-refractivity contribution >= 4 is 43.0 Å². The highest BCUT2D eigenvalue weighted by molar-refractivity contribution is 7.86. The predicted molar refractivity (Wildman–Crippen MR) is 109 cm³/mol. The van der Waals surface area contributed by atoms with E-state index in [2.05, 4.69) is 10.2 Å². The molecule has 12 nitrogen and oxygen atoms in total. The third-order valence-corrected chi connectivity index (χ3v) is 5.19. The van der Waals surface area contributed by atoms with E-state index in [9.17, 15) is 26.9 Å². The van der Waals surface area contributed by atoms with Gasteiger partial charge in [0.15, 0.2) is 0 Å². The average molecular weight is 458 g/mol. The van der Waals surface area contributed by atoms with Crippen LogP contribution in [0.5, 0.6) is 0 Å². The molecule has 0 heterocycles. The summed E-state index contributed by atoms with van der Waals surface area (Å²) in [7, 11) is -8.53. The summed E-state index contributed by atoms with van der Waals surface area (Å²) < 4.78 is 61.8. The van der Waals surface area contributed by atoms with Crippen molar-refractivity contribution in [2.24, 2.45) is 10.2 Å². The zero-order valence-corrected chi connectivity index (χ0v) is 17.0. The van der Waals surface area contributed by atoms with Crippen LogP contribution in [0.3, 0.4) is 0 Å². The van der Waals surface area contributed by atoms with Crippen molar-refractivity contribution in [3.63, 3.8) is 0 Å². The standard InChI is InChI=1S/C16H18N4O8S2/c21-20(22)16-7-3-14(4-8-16)18-17-13-1-5-15(6-2-13)19(9-11-29(23,24)25)10-12-30(26,27)28/h1-8H,9-12H2,(H,23,24,25)(H,26,27,28). The first kappa shape index (κ1) is 23.3. The van der Waals surface area contributed by atoms with E-state index in [4.69, 9.17) is 9.11 Å². The van der Waals surface area contributed by atoms with Crippen molar-refractivity contribution in [1.29, 1.82) is 0 Å². The normalized spacial score (nSPS) is 12.2. The van der Waals surface area contributed by atoms with Gasteiger partial charge in [0.05, 0.1) is 27.8 Å². The lowest BCUT2D eigenvalue weighted by molar-refractivity contribution is -0.384. The Morgan fingerprint density at radius 2 is 1.20 bits per heavy atom. The van der Waals surface area contributed by atoms with Crippen molar-refractivity contribution in [3.05, 3.63) is 58.6 Å². The topological polar surface area (TPSA) is 180 Å². The Morgan fingerprint density at radius 3 is 1.57 bits per heavy atom. The number of azo groups is 1. The van der Waals surface area contributed by atoms with Crippen LogP contribution in [0.4, 0.5) is 22.7 Å². The minimum atomic E-state index is -4.27. The van der Waals surface area contributed by atoms with E-state index in [1.165, 1.54) is 53.4 Å². The molecule has 2 aromatic rings. The van der Waals surface area contributed by atoms with E-state index in [0.29, 0.717) is 17.1 Å². The lowest BCUT2D eigenvalue weighted by Crippen LogP contribution is -2.33. The lowest BCUT2D eigenvalue weighted by Gasteiger charge is -2.23. The third kappa shape index (κ3) is 8.20. The van der Waals surface area contributed by atoms with Gasteiger partial charge in [0.2, 0.25) is 0 Å². The van der Waals surface area contributed by atoms with Gasteiger partial charge in [-0.1, -0.05) is 0 Å². The highest BCUT2D eigenvalue weighted by Crippen LogP contribution is 2.23. The van der Waals surface area contributed by atoms with Crippen LogP contribution in [0, 0.1) is 10.1 Å². The van der Waals surface area contributed by atoms with E-state index in [1.807, 2.05) is 0 Å². The number of hydrogen-bond acceptors (Lipinski definition) is 9. The van der Waals surface area contributed by atoms with Gasteiger partial charge in [0.25, 0.3) is 25.9 Å². The molecule has 0 unspecified atom stereocenters. The van der Waals surface area contributed by atoms with E-state index >= 15 is 0 Å². The Kier molecular flexibility index (Phi) is 7.55. The fourth-order valence-corrected chi connectivity index (χ4v) is 3.21. The maximum atomic E-state index is 11.0. The van der Waals surface area contributed by atoms with Crippen LogP contribution >= 0.6 is 0 Å². The van der Waals surface area contributed by atoms with Gasteiger partial charge in [0.1, 0.15) is 0 Å². The number of rotatable bonds is 10.